The normalized spacial score (nSPS) is 11.2. The molecule has 6 nitrogen and oxygen atoms in total. The first-order chi connectivity index (χ1) is 33.6. The van der Waals surface area contributed by atoms with Crippen molar-refractivity contribution in [3.8, 4) is 101 Å². The zero-order chi connectivity index (χ0) is 45.2. The fourth-order valence-electron chi connectivity index (χ4n) is 8.76. The second kappa shape index (κ2) is 17.6. The Hall–Kier alpha value is -9.26. The van der Waals surface area contributed by atoms with Crippen molar-refractivity contribution in [3.63, 3.8) is 0 Å². The molecule has 0 spiro atoms. The van der Waals surface area contributed by atoms with E-state index in [2.05, 4.69) is 204 Å². The van der Waals surface area contributed by atoms with Gasteiger partial charge in [-0.05, 0) is 81.2 Å². The van der Waals surface area contributed by atoms with Crippen LogP contribution in [0.15, 0.2) is 243 Å². The average Bonchev–Trinajstić information content (AvgIpc) is 3.43. The standard InChI is InChI=1S/C62H40N6/c1-3-11-51-37-53(33-19-41(51)9-1)61-65-57(39-59(67-61)49-29-25-45(26-30-49)55-13-5-7-35-63-55)47-21-15-43(16-22-47)44-17-23-48(24-18-44)58-40-60(50-31-27-46(28-32-50)56-14-6-8-36-64-56)68-62(66-58)54-34-20-42-10-2-4-12-52(42)38-54/h1-40H. The molecule has 0 saturated heterocycles. The van der Waals surface area contributed by atoms with Gasteiger partial charge in [-0.25, -0.2) is 19.9 Å². The maximum atomic E-state index is 5.17. The summed E-state index contributed by atoms with van der Waals surface area (Å²) in [6, 6.07) is 79.8. The lowest BCUT2D eigenvalue weighted by atomic mass is 9.99. The van der Waals surface area contributed by atoms with E-state index in [0.29, 0.717) is 11.6 Å². The summed E-state index contributed by atoms with van der Waals surface area (Å²) in [5.74, 6) is 1.35. The molecule has 8 aromatic carbocycles. The number of benzene rings is 8. The Balaban J connectivity index is 0.871. The molecule has 68 heavy (non-hydrogen) atoms. The summed E-state index contributed by atoms with van der Waals surface area (Å²) in [6.45, 7) is 0. The van der Waals surface area contributed by atoms with Crippen molar-refractivity contribution in [1.29, 1.82) is 0 Å². The molecule has 0 N–H and O–H groups in total. The summed E-state index contributed by atoms with van der Waals surface area (Å²) >= 11 is 0. The van der Waals surface area contributed by atoms with E-state index in [1.807, 2.05) is 48.8 Å². The van der Waals surface area contributed by atoms with Crippen LogP contribution in [-0.2, 0) is 0 Å². The van der Waals surface area contributed by atoms with Gasteiger partial charge in [-0.3, -0.25) is 9.97 Å². The third kappa shape index (κ3) is 8.19. The van der Waals surface area contributed by atoms with Crippen LogP contribution in [0.4, 0.5) is 0 Å². The predicted octanol–water partition coefficient (Wildman–Crippen LogP) is 15.4. The third-order valence-corrected chi connectivity index (χ3v) is 12.4. The van der Waals surface area contributed by atoms with Crippen molar-refractivity contribution in [1.82, 2.24) is 29.9 Å². The topological polar surface area (TPSA) is 77.3 Å². The molecule has 0 aliphatic rings. The first-order valence-corrected chi connectivity index (χ1v) is 22.7. The Morgan fingerprint density at radius 3 is 0.794 bits per heavy atom. The summed E-state index contributed by atoms with van der Waals surface area (Å²) in [5, 5.41) is 4.65. The summed E-state index contributed by atoms with van der Waals surface area (Å²) < 4.78 is 0. The number of fused-ring (bicyclic) bond motifs is 2. The van der Waals surface area contributed by atoms with Crippen LogP contribution in [0.2, 0.25) is 0 Å². The van der Waals surface area contributed by atoms with Gasteiger partial charge < -0.3 is 0 Å². The third-order valence-electron chi connectivity index (χ3n) is 12.4. The first-order valence-electron chi connectivity index (χ1n) is 22.7. The number of rotatable bonds is 9. The molecule has 0 atom stereocenters. The quantitative estimate of drug-likeness (QED) is 0.144. The molecule has 0 saturated carbocycles. The highest BCUT2D eigenvalue weighted by molar-refractivity contribution is 5.88. The largest absolute Gasteiger partial charge is 0.256 e. The van der Waals surface area contributed by atoms with Gasteiger partial charge in [0.25, 0.3) is 0 Å². The lowest BCUT2D eigenvalue weighted by Crippen LogP contribution is -1.96. The molecular weight excluding hydrogens is 829 g/mol. The van der Waals surface area contributed by atoms with Crippen LogP contribution in [0.1, 0.15) is 0 Å². The van der Waals surface area contributed by atoms with Crippen LogP contribution in [0.5, 0.6) is 0 Å². The Kier molecular flexibility index (Phi) is 10.4. The molecule has 12 aromatic rings. The van der Waals surface area contributed by atoms with Crippen molar-refractivity contribution in [3.05, 3.63) is 243 Å². The van der Waals surface area contributed by atoms with Crippen LogP contribution in [-0.4, -0.2) is 29.9 Å². The second-order valence-electron chi connectivity index (χ2n) is 16.8. The van der Waals surface area contributed by atoms with Crippen molar-refractivity contribution in [2.45, 2.75) is 0 Å². The minimum Gasteiger partial charge on any atom is -0.256 e. The zero-order valence-corrected chi connectivity index (χ0v) is 36.8. The van der Waals surface area contributed by atoms with E-state index in [1.165, 1.54) is 10.8 Å². The Labute approximate surface area is 394 Å². The van der Waals surface area contributed by atoms with Crippen molar-refractivity contribution < 1.29 is 0 Å². The molecule has 0 bridgehead atoms. The van der Waals surface area contributed by atoms with Gasteiger partial charge in [-0.2, -0.15) is 0 Å². The highest BCUT2D eigenvalue weighted by Gasteiger charge is 2.15. The summed E-state index contributed by atoms with van der Waals surface area (Å²) in [6.07, 6.45) is 3.64. The smallest absolute Gasteiger partial charge is 0.160 e. The van der Waals surface area contributed by atoms with Crippen LogP contribution < -0.4 is 0 Å². The predicted molar refractivity (Wildman–Crippen MR) is 277 cm³/mol. The van der Waals surface area contributed by atoms with Gasteiger partial charge in [0.2, 0.25) is 0 Å². The Morgan fingerprint density at radius 1 is 0.191 bits per heavy atom. The molecule has 0 unspecified atom stereocenters. The molecule has 6 heteroatoms. The maximum absolute atomic E-state index is 5.17. The highest BCUT2D eigenvalue weighted by atomic mass is 14.9. The fraction of sp³-hybridized carbons (Fsp3) is 0. The molecule has 12 rings (SSSR count). The number of hydrogen-bond acceptors (Lipinski definition) is 6. The average molecular weight is 869 g/mol. The van der Waals surface area contributed by atoms with Gasteiger partial charge in [0.15, 0.2) is 11.6 Å². The highest BCUT2D eigenvalue weighted by Crippen LogP contribution is 2.34. The minimum absolute atomic E-state index is 0.676. The fourth-order valence-corrected chi connectivity index (χ4v) is 8.76. The van der Waals surface area contributed by atoms with Gasteiger partial charge in [0.05, 0.1) is 34.2 Å². The SMILES string of the molecule is c1ccc(-c2ccc(-c3cc(-c4ccc(-c5ccc(-c6cc(-c7ccc(-c8ccccn8)cc7)nc(-c7ccc8ccccc8c7)n6)cc5)cc4)nc(-c4ccc5ccccc5c4)n3)cc2)nc1. The zero-order valence-electron chi connectivity index (χ0n) is 36.8. The van der Waals surface area contributed by atoms with Gasteiger partial charge >= 0.3 is 0 Å². The molecule has 0 aliphatic carbocycles. The van der Waals surface area contributed by atoms with Crippen LogP contribution >= 0.6 is 0 Å². The number of pyridine rings is 2. The molecule has 318 valence electrons. The Morgan fingerprint density at radius 2 is 0.471 bits per heavy atom. The summed E-state index contributed by atoms with van der Waals surface area (Å²) in [4.78, 5) is 29.7. The maximum Gasteiger partial charge on any atom is 0.160 e. The lowest BCUT2D eigenvalue weighted by Gasteiger charge is -2.12. The first kappa shape index (κ1) is 40.3. The van der Waals surface area contributed by atoms with E-state index in [-0.39, 0.29) is 0 Å². The second-order valence-corrected chi connectivity index (χ2v) is 16.8. The molecule has 0 aliphatic heterocycles. The van der Waals surface area contributed by atoms with Crippen molar-refractivity contribution in [2.75, 3.05) is 0 Å². The molecule has 4 heterocycles. The lowest BCUT2D eigenvalue weighted by molar-refractivity contribution is 1.18. The summed E-state index contributed by atoms with van der Waals surface area (Å²) in [7, 11) is 0. The minimum atomic E-state index is 0.676. The van der Waals surface area contributed by atoms with Crippen LogP contribution in [0.25, 0.3) is 123 Å². The molecule has 0 fully saturated rings. The van der Waals surface area contributed by atoms with Crippen LogP contribution in [0.3, 0.4) is 0 Å². The molecule has 0 amide bonds. The van der Waals surface area contributed by atoms with Gasteiger partial charge in [0.1, 0.15) is 0 Å². The van der Waals surface area contributed by atoms with E-state index in [1.54, 1.807) is 0 Å². The molecule has 4 aromatic heterocycles. The molecule has 0 radical (unpaired) electrons. The van der Waals surface area contributed by atoms with E-state index in [4.69, 9.17) is 19.9 Å². The van der Waals surface area contributed by atoms with Crippen molar-refractivity contribution >= 4 is 21.5 Å². The Bertz CT molecular complexity index is 3490. The van der Waals surface area contributed by atoms with Gasteiger partial charge in [0, 0.05) is 56.9 Å². The van der Waals surface area contributed by atoms with Gasteiger partial charge in [-0.1, -0.05) is 182 Å². The van der Waals surface area contributed by atoms with Gasteiger partial charge in [-0.15, -0.1) is 0 Å². The number of nitrogens with zero attached hydrogens (tertiary/aromatic N) is 6. The van der Waals surface area contributed by atoms with E-state index < -0.39 is 0 Å². The van der Waals surface area contributed by atoms with E-state index in [0.717, 1.165) is 101 Å². The number of aromatic nitrogens is 6. The van der Waals surface area contributed by atoms with Crippen LogP contribution in [0, 0.1) is 0 Å². The van der Waals surface area contributed by atoms with E-state index in [9.17, 15) is 0 Å². The number of hydrogen-bond donors (Lipinski definition) is 0. The molecular formula is C62H40N6. The summed E-state index contributed by atoms with van der Waals surface area (Å²) in [5.41, 5.74) is 15.5. The monoisotopic (exact) mass is 868 g/mol. The van der Waals surface area contributed by atoms with E-state index >= 15 is 0 Å². The van der Waals surface area contributed by atoms with Crippen molar-refractivity contribution in [2.24, 2.45) is 0 Å².